The van der Waals surface area contributed by atoms with Crippen LogP contribution >= 0.6 is 0 Å². The lowest BCUT2D eigenvalue weighted by Crippen LogP contribution is -2.23. The van der Waals surface area contributed by atoms with Gasteiger partial charge in [0, 0.05) is 5.56 Å². The second kappa shape index (κ2) is 6.36. The van der Waals surface area contributed by atoms with Gasteiger partial charge in [-0.1, -0.05) is 30.3 Å². The average molecular weight is 275 g/mol. The number of hydrogen-bond donors (Lipinski definition) is 3. The largest absolute Gasteiger partial charge is 0.475 e. The molecule has 0 saturated carbocycles. The fourth-order valence-corrected chi connectivity index (χ4v) is 2.04. The molecule has 1 atom stereocenters. The lowest BCUT2D eigenvalue weighted by Gasteiger charge is -2.15. The van der Waals surface area contributed by atoms with Crippen LogP contribution in [0.1, 0.15) is 33.5 Å². The third-order valence-corrected chi connectivity index (χ3v) is 3.07. The van der Waals surface area contributed by atoms with Gasteiger partial charge in [-0.3, -0.25) is 0 Å². The molecule has 0 spiro atoms. The van der Waals surface area contributed by atoms with E-state index in [-0.39, 0.29) is 18.4 Å². The van der Waals surface area contributed by atoms with Crippen molar-refractivity contribution in [2.45, 2.75) is 19.5 Å². The summed E-state index contributed by atoms with van der Waals surface area (Å²) < 4.78 is 5.26. The first-order valence-corrected chi connectivity index (χ1v) is 6.33. The number of aromatic carboxylic acids is 1. The molecule has 0 aliphatic rings. The normalized spacial score (nSPS) is 12.3. The molecule has 1 aromatic carbocycles. The van der Waals surface area contributed by atoms with Gasteiger partial charge in [0.25, 0.3) is 0 Å². The number of aliphatic hydroxyl groups excluding tert-OH is 1. The van der Waals surface area contributed by atoms with Crippen LogP contribution in [0.25, 0.3) is 0 Å². The minimum atomic E-state index is -1.07. The Morgan fingerprint density at radius 2 is 2.05 bits per heavy atom. The molecule has 2 rings (SSSR count). The summed E-state index contributed by atoms with van der Waals surface area (Å²) in [6, 6.07) is 11.0. The zero-order valence-corrected chi connectivity index (χ0v) is 11.2. The summed E-state index contributed by atoms with van der Waals surface area (Å²) in [6.45, 7) is 2.00. The summed E-state index contributed by atoms with van der Waals surface area (Å²) in [4.78, 5) is 10.9. The van der Waals surface area contributed by atoms with Crippen LogP contribution in [0.5, 0.6) is 0 Å². The predicted molar refractivity (Wildman–Crippen MR) is 73.5 cm³/mol. The van der Waals surface area contributed by atoms with E-state index >= 15 is 0 Å². The molecule has 5 heteroatoms. The molecule has 3 N–H and O–H groups in total. The van der Waals surface area contributed by atoms with Gasteiger partial charge >= 0.3 is 5.97 Å². The molecule has 5 nitrogen and oxygen atoms in total. The molecule has 0 amide bonds. The number of rotatable bonds is 6. The third-order valence-electron chi connectivity index (χ3n) is 3.07. The predicted octanol–water partition coefficient (Wildman–Crippen LogP) is 2.11. The number of carbonyl (C=O) groups is 1. The van der Waals surface area contributed by atoms with E-state index in [9.17, 15) is 9.90 Å². The fraction of sp³-hybridized carbons (Fsp3) is 0.267. The van der Waals surface area contributed by atoms with E-state index in [1.54, 1.807) is 13.0 Å². The molecular weight excluding hydrogens is 258 g/mol. The Hall–Kier alpha value is -2.11. The Labute approximate surface area is 116 Å². The number of aliphatic hydroxyl groups is 1. The monoisotopic (exact) mass is 275 g/mol. The van der Waals surface area contributed by atoms with Gasteiger partial charge in [-0.2, -0.15) is 0 Å². The molecule has 20 heavy (non-hydrogen) atoms. The molecule has 0 radical (unpaired) electrons. The van der Waals surface area contributed by atoms with E-state index in [0.29, 0.717) is 17.9 Å². The Bertz CT molecular complexity index is 577. The van der Waals surface area contributed by atoms with E-state index in [2.05, 4.69) is 5.32 Å². The van der Waals surface area contributed by atoms with Gasteiger partial charge in [0.05, 0.1) is 19.2 Å². The highest BCUT2D eigenvalue weighted by atomic mass is 16.4. The molecule has 1 aromatic heterocycles. The van der Waals surface area contributed by atoms with Crippen molar-refractivity contribution in [2.75, 3.05) is 6.61 Å². The van der Waals surface area contributed by atoms with Crippen LogP contribution < -0.4 is 5.32 Å². The van der Waals surface area contributed by atoms with Crippen LogP contribution in [-0.2, 0) is 6.54 Å². The second-order valence-electron chi connectivity index (χ2n) is 4.56. The number of benzene rings is 1. The number of nitrogens with one attached hydrogen (secondary N) is 1. The highest BCUT2D eigenvalue weighted by Gasteiger charge is 2.15. The summed E-state index contributed by atoms with van der Waals surface area (Å²) in [5.41, 5.74) is 1.56. The second-order valence-corrected chi connectivity index (χ2v) is 4.56. The molecule has 0 aliphatic heterocycles. The fourth-order valence-electron chi connectivity index (χ4n) is 2.04. The number of hydrogen-bond acceptors (Lipinski definition) is 4. The topological polar surface area (TPSA) is 82.7 Å². The van der Waals surface area contributed by atoms with Crippen LogP contribution in [-0.4, -0.2) is 22.8 Å². The number of carboxylic acids is 1. The number of carboxylic acid groups (broad SMARTS) is 1. The van der Waals surface area contributed by atoms with Crippen LogP contribution in [0.4, 0.5) is 0 Å². The number of aryl methyl sites for hydroxylation is 1. The molecule has 0 fully saturated rings. The summed E-state index contributed by atoms with van der Waals surface area (Å²) in [5.74, 6) is -0.577. The SMILES string of the molecule is Cc1cc(CNC(CO)c2ccccc2)oc1C(=O)O. The molecule has 106 valence electrons. The van der Waals surface area contributed by atoms with Gasteiger partial charge in [0.1, 0.15) is 5.76 Å². The third kappa shape index (κ3) is 3.26. The Morgan fingerprint density at radius 3 is 2.60 bits per heavy atom. The molecule has 0 aliphatic carbocycles. The van der Waals surface area contributed by atoms with E-state index in [0.717, 1.165) is 5.56 Å². The van der Waals surface area contributed by atoms with E-state index < -0.39 is 5.97 Å². The Kier molecular flexibility index (Phi) is 4.55. The maximum absolute atomic E-state index is 10.9. The first kappa shape index (κ1) is 14.3. The van der Waals surface area contributed by atoms with Gasteiger partial charge in [-0.05, 0) is 18.6 Å². The summed E-state index contributed by atoms with van der Waals surface area (Å²) >= 11 is 0. The van der Waals surface area contributed by atoms with Crippen molar-refractivity contribution in [1.29, 1.82) is 0 Å². The van der Waals surface area contributed by atoms with E-state index in [1.807, 2.05) is 30.3 Å². The summed E-state index contributed by atoms with van der Waals surface area (Å²) in [5, 5.41) is 21.5. The van der Waals surface area contributed by atoms with Gasteiger partial charge in [0.15, 0.2) is 0 Å². The summed E-state index contributed by atoms with van der Waals surface area (Å²) in [7, 11) is 0. The van der Waals surface area contributed by atoms with Crippen molar-refractivity contribution >= 4 is 5.97 Å². The van der Waals surface area contributed by atoms with Crippen molar-refractivity contribution in [3.8, 4) is 0 Å². The average Bonchev–Trinajstić information content (AvgIpc) is 2.82. The Balaban J connectivity index is 2.04. The van der Waals surface area contributed by atoms with Gasteiger partial charge < -0.3 is 19.9 Å². The molecule has 0 saturated heterocycles. The van der Waals surface area contributed by atoms with Crippen molar-refractivity contribution in [1.82, 2.24) is 5.32 Å². The van der Waals surface area contributed by atoms with Crippen molar-refractivity contribution in [3.05, 3.63) is 59.0 Å². The molecular formula is C15H17NO4. The van der Waals surface area contributed by atoms with Crippen molar-refractivity contribution < 1.29 is 19.4 Å². The van der Waals surface area contributed by atoms with Crippen molar-refractivity contribution in [3.63, 3.8) is 0 Å². The van der Waals surface area contributed by atoms with Crippen molar-refractivity contribution in [2.24, 2.45) is 0 Å². The molecule has 0 bridgehead atoms. The van der Waals surface area contributed by atoms with Gasteiger partial charge in [-0.15, -0.1) is 0 Å². The van der Waals surface area contributed by atoms with E-state index in [1.165, 1.54) is 0 Å². The van der Waals surface area contributed by atoms with E-state index in [4.69, 9.17) is 9.52 Å². The lowest BCUT2D eigenvalue weighted by molar-refractivity contribution is 0.0659. The highest BCUT2D eigenvalue weighted by Crippen LogP contribution is 2.17. The maximum Gasteiger partial charge on any atom is 0.372 e. The lowest BCUT2D eigenvalue weighted by atomic mass is 10.1. The van der Waals surface area contributed by atoms with Gasteiger partial charge in [0.2, 0.25) is 5.76 Å². The van der Waals surface area contributed by atoms with Crippen LogP contribution in [0.15, 0.2) is 40.8 Å². The van der Waals surface area contributed by atoms with Gasteiger partial charge in [-0.25, -0.2) is 4.79 Å². The first-order valence-electron chi connectivity index (χ1n) is 6.33. The molecule has 1 heterocycles. The minimum absolute atomic E-state index is 0.0398. The standard InChI is InChI=1S/C15H17NO4/c1-10-7-12(20-14(10)15(18)19)8-16-13(9-17)11-5-3-2-4-6-11/h2-7,13,16-17H,8-9H2,1H3,(H,18,19). The molecule has 1 unspecified atom stereocenters. The first-order chi connectivity index (χ1) is 9.61. The van der Waals surface area contributed by atoms with Crippen LogP contribution in [0.2, 0.25) is 0 Å². The maximum atomic E-state index is 10.9. The summed E-state index contributed by atoms with van der Waals surface area (Å²) in [6.07, 6.45) is 0. The highest BCUT2D eigenvalue weighted by molar-refractivity contribution is 5.86. The number of furan rings is 1. The quantitative estimate of drug-likeness (QED) is 0.752. The van der Waals surface area contributed by atoms with Crippen LogP contribution in [0, 0.1) is 6.92 Å². The smallest absolute Gasteiger partial charge is 0.372 e. The Morgan fingerprint density at radius 1 is 1.35 bits per heavy atom. The molecule has 2 aromatic rings. The zero-order valence-electron chi connectivity index (χ0n) is 11.2. The van der Waals surface area contributed by atoms with Crippen LogP contribution in [0.3, 0.4) is 0 Å². The minimum Gasteiger partial charge on any atom is -0.475 e. The zero-order chi connectivity index (χ0) is 14.5.